The van der Waals surface area contributed by atoms with Gasteiger partial charge in [-0.25, -0.2) is 4.79 Å². The molecule has 0 saturated heterocycles. The van der Waals surface area contributed by atoms with Crippen LogP contribution in [0.5, 0.6) is 0 Å². The maximum absolute atomic E-state index is 13.2. The highest BCUT2D eigenvalue weighted by Gasteiger charge is 2.23. The van der Waals surface area contributed by atoms with E-state index in [1.165, 1.54) is 11.6 Å². The summed E-state index contributed by atoms with van der Waals surface area (Å²) in [7, 11) is 1.54. The van der Waals surface area contributed by atoms with Crippen molar-refractivity contribution in [2.45, 2.75) is 19.8 Å². The van der Waals surface area contributed by atoms with Crippen LogP contribution in [0.4, 0.5) is 5.69 Å². The van der Waals surface area contributed by atoms with Gasteiger partial charge >= 0.3 is 5.97 Å². The molecule has 0 aliphatic rings. The first-order chi connectivity index (χ1) is 16.4. The van der Waals surface area contributed by atoms with Crippen LogP contribution in [0.15, 0.2) is 83.7 Å². The average Bonchev–Trinajstić information content (AvgIpc) is 2.85. The quantitative estimate of drug-likeness (QED) is 0.410. The van der Waals surface area contributed by atoms with E-state index >= 15 is 0 Å². The van der Waals surface area contributed by atoms with Gasteiger partial charge in [0.1, 0.15) is 5.69 Å². The van der Waals surface area contributed by atoms with Crippen LogP contribution in [0, 0.1) is 0 Å². The van der Waals surface area contributed by atoms with E-state index in [0.717, 1.165) is 11.1 Å². The Labute approximate surface area is 197 Å². The minimum atomic E-state index is -0.741. The molecule has 0 radical (unpaired) electrons. The van der Waals surface area contributed by atoms with Crippen molar-refractivity contribution in [1.82, 2.24) is 4.57 Å². The first kappa shape index (κ1) is 23.0. The van der Waals surface area contributed by atoms with Crippen molar-refractivity contribution < 1.29 is 14.3 Å². The van der Waals surface area contributed by atoms with Crippen molar-refractivity contribution in [2.75, 3.05) is 11.9 Å². The second kappa shape index (κ2) is 9.75. The Morgan fingerprint density at radius 3 is 2.15 bits per heavy atom. The number of ether oxygens (including phenoxy) is 1. The maximum atomic E-state index is 13.2. The number of carbonyl (C=O) groups is 2. The molecule has 6 nitrogen and oxygen atoms in total. The van der Waals surface area contributed by atoms with Crippen molar-refractivity contribution in [1.29, 1.82) is 0 Å². The zero-order valence-electron chi connectivity index (χ0n) is 19.4. The van der Waals surface area contributed by atoms with E-state index < -0.39 is 18.5 Å². The molecule has 6 heteroatoms. The molecule has 0 unspecified atom stereocenters. The van der Waals surface area contributed by atoms with Gasteiger partial charge in [-0.1, -0.05) is 74.5 Å². The lowest BCUT2D eigenvalue weighted by Crippen LogP contribution is -2.28. The molecule has 0 aliphatic heterocycles. The number of nitrogens with one attached hydrogen (secondary N) is 1. The molecule has 34 heavy (non-hydrogen) atoms. The molecule has 0 aliphatic carbocycles. The number of fused-ring (bicyclic) bond motifs is 1. The van der Waals surface area contributed by atoms with E-state index in [0.29, 0.717) is 27.9 Å². The van der Waals surface area contributed by atoms with Crippen molar-refractivity contribution in [3.05, 3.63) is 100 Å². The van der Waals surface area contributed by atoms with Gasteiger partial charge in [0.25, 0.3) is 11.5 Å². The van der Waals surface area contributed by atoms with Crippen LogP contribution in [0.3, 0.4) is 0 Å². The third-order valence-corrected chi connectivity index (χ3v) is 5.75. The number of pyridine rings is 1. The number of hydrogen-bond acceptors (Lipinski definition) is 4. The number of nitrogens with zero attached hydrogens (tertiary/aromatic N) is 1. The number of hydrogen-bond donors (Lipinski definition) is 1. The van der Waals surface area contributed by atoms with Crippen molar-refractivity contribution in [3.63, 3.8) is 0 Å². The number of carbonyl (C=O) groups excluding carboxylic acids is 2. The molecule has 0 bridgehead atoms. The van der Waals surface area contributed by atoms with Crippen molar-refractivity contribution in [3.8, 4) is 11.1 Å². The van der Waals surface area contributed by atoms with Gasteiger partial charge in [0.2, 0.25) is 0 Å². The maximum Gasteiger partial charge on any atom is 0.356 e. The van der Waals surface area contributed by atoms with Gasteiger partial charge in [0.15, 0.2) is 6.61 Å². The monoisotopic (exact) mass is 454 g/mol. The molecule has 172 valence electrons. The third kappa shape index (κ3) is 4.62. The van der Waals surface area contributed by atoms with Crippen LogP contribution in [-0.2, 0) is 16.6 Å². The summed E-state index contributed by atoms with van der Waals surface area (Å²) in [5.41, 5.74) is 2.94. The zero-order chi connectivity index (χ0) is 24.2. The molecular formula is C28H26N2O4. The molecule has 4 rings (SSSR count). The fraction of sp³-hybridized carbons (Fsp3) is 0.179. The van der Waals surface area contributed by atoms with Gasteiger partial charge < -0.3 is 14.6 Å². The largest absolute Gasteiger partial charge is 0.451 e. The number of rotatable bonds is 6. The lowest BCUT2D eigenvalue weighted by Gasteiger charge is -2.16. The van der Waals surface area contributed by atoms with E-state index in [2.05, 4.69) is 19.2 Å². The highest BCUT2D eigenvalue weighted by atomic mass is 16.5. The third-order valence-electron chi connectivity index (χ3n) is 5.75. The van der Waals surface area contributed by atoms with Gasteiger partial charge in [-0.05, 0) is 40.6 Å². The first-order valence-electron chi connectivity index (χ1n) is 11.1. The highest BCUT2D eigenvalue weighted by Crippen LogP contribution is 2.30. The second-order valence-corrected chi connectivity index (χ2v) is 8.40. The smallest absolute Gasteiger partial charge is 0.356 e. The van der Waals surface area contributed by atoms with Gasteiger partial charge in [-0.15, -0.1) is 0 Å². The van der Waals surface area contributed by atoms with Gasteiger partial charge in [0.05, 0.1) is 0 Å². The Bertz CT molecular complexity index is 1400. The summed E-state index contributed by atoms with van der Waals surface area (Å²) < 4.78 is 6.65. The van der Waals surface area contributed by atoms with Crippen LogP contribution < -0.4 is 10.9 Å². The first-order valence-corrected chi connectivity index (χ1v) is 11.1. The van der Waals surface area contributed by atoms with Crippen LogP contribution in [-0.4, -0.2) is 23.1 Å². The van der Waals surface area contributed by atoms with Gasteiger partial charge in [0, 0.05) is 23.7 Å². The molecule has 4 aromatic rings. The van der Waals surface area contributed by atoms with Crippen molar-refractivity contribution in [2.24, 2.45) is 7.05 Å². The molecule has 0 saturated carbocycles. The summed E-state index contributed by atoms with van der Waals surface area (Å²) in [6.07, 6.45) is 0. The Balaban J connectivity index is 1.62. The van der Waals surface area contributed by atoms with Crippen molar-refractivity contribution >= 4 is 28.3 Å². The molecule has 1 heterocycles. The van der Waals surface area contributed by atoms with Crippen LogP contribution >= 0.6 is 0 Å². The molecule has 0 fully saturated rings. The summed E-state index contributed by atoms with van der Waals surface area (Å²) in [5.74, 6) is -0.815. The fourth-order valence-electron chi connectivity index (χ4n) is 3.95. The average molecular weight is 455 g/mol. The summed E-state index contributed by atoms with van der Waals surface area (Å²) in [6, 6.07) is 24.0. The van der Waals surface area contributed by atoms with Gasteiger partial charge in [-0.2, -0.15) is 0 Å². The summed E-state index contributed by atoms with van der Waals surface area (Å²) in [4.78, 5) is 38.6. The Morgan fingerprint density at radius 1 is 0.882 bits per heavy atom. The molecule has 0 atom stereocenters. The summed E-state index contributed by atoms with van der Waals surface area (Å²) in [6.45, 7) is 3.72. The Kier molecular flexibility index (Phi) is 6.59. The van der Waals surface area contributed by atoms with E-state index in [1.807, 2.05) is 66.7 Å². The fourth-order valence-corrected chi connectivity index (χ4v) is 3.95. The lowest BCUT2D eigenvalue weighted by molar-refractivity contribution is -0.119. The number of aromatic nitrogens is 1. The number of esters is 1. The molecular weight excluding hydrogens is 428 g/mol. The minimum absolute atomic E-state index is 0.101. The summed E-state index contributed by atoms with van der Waals surface area (Å²) >= 11 is 0. The Hall–Kier alpha value is -4.19. The lowest BCUT2D eigenvalue weighted by atomic mass is 9.97. The normalized spacial score (nSPS) is 10.9. The Morgan fingerprint density at radius 2 is 1.50 bits per heavy atom. The number of amides is 1. The zero-order valence-corrected chi connectivity index (χ0v) is 19.4. The molecule has 1 amide bonds. The van der Waals surface area contributed by atoms with E-state index in [4.69, 9.17) is 4.74 Å². The van der Waals surface area contributed by atoms with Crippen LogP contribution in [0.1, 0.15) is 35.8 Å². The SMILES string of the molecule is CC(C)c1ccc(NC(=O)COC(=O)c2c(-c3ccccc3)c3ccccc3c(=O)n2C)cc1. The predicted octanol–water partition coefficient (Wildman–Crippen LogP) is 5.12. The molecule has 1 aromatic heterocycles. The van der Waals surface area contributed by atoms with E-state index in [-0.39, 0.29) is 11.3 Å². The molecule has 3 aromatic carbocycles. The predicted molar refractivity (Wildman–Crippen MR) is 134 cm³/mol. The topological polar surface area (TPSA) is 77.4 Å². The number of anilines is 1. The van der Waals surface area contributed by atoms with E-state index in [1.54, 1.807) is 12.1 Å². The van der Waals surface area contributed by atoms with Crippen LogP contribution in [0.25, 0.3) is 21.9 Å². The standard InChI is InChI=1S/C28H26N2O4/c1-18(2)19-13-15-21(16-14-19)29-24(31)17-34-28(33)26-25(20-9-5-4-6-10-20)22-11-7-8-12-23(22)27(32)30(26)3/h4-16,18H,17H2,1-3H3,(H,29,31). The second-order valence-electron chi connectivity index (χ2n) is 8.40. The number of benzene rings is 3. The van der Waals surface area contributed by atoms with Gasteiger partial charge in [-0.3, -0.25) is 9.59 Å². The highest BCUT2D eigenvalue weighted by molar-refractivity contribution is 6.07. The molecule has 1 N–H and O–H groups in total. The van der Waals surface area contributed by atoms with Crippen LogP contribution in [0.2, 0.25) is 0 Å². The van der Waals surface area contributed by atoms with E-state index in [9.17, 15) is 14.4 Å². The minimum Gasteiger partial charge on any atom is -0.451 e. The molecule has 0 spiro atoms. The summed E-state index contributed by atoms with van der Waals surface area (Å²) in [5, 5.41) is 3.89.